The summed E-state index contributed by atoms with van der Waals surface area (Å²) in [5.74, 6) is -1.09. The van der Waals surface area contributed by atoms with Crippen molar-refractivity contribution in [2.45, 2.75) is 0 Å². The summed E-state index contributed by atoms with van der Waals surface area (Å²) in [7, 11) is 1.82. The number of nitrogens with one attached hydrogen (secondary N) is 3. The minimum atomic E-state index is -0.649. The molecule has 0 saturated carbocycles. The first kappa shape index (κ1) is 16.1. The van der Waals surface area contributed by atoms with Crippen molar-refractivity contribution in [2.75, 3.05) is 5.32 Å². The zero-order chi connectivity index (χ0) is 18.4. The van der Waals surface area contributed by atoms with E-state index in [0.29, 0.717) is 10.7 Å². The molecular formula is C16H13N7O2S. The Labute approximate surface area is 151 Å². The minimum Gasteiger partial charge on any atom is -0.366 e. The van der Waals surface area contributed by atoms with Gasteiger partial charge in [-0.3, -0.25) is 24.7 Å². The first-order valence-electron chi connectivity index (χ1n) is 7.52. The standard InChI is InChI=1S/C16H13N7O2S/c1-23-6-8(4-21-23)10-5-20-16(26-10)11-12(17)13-9(22-15(11)25)2-7(3-19-13)14(18)24/h2-6,17,20H,1H3,(H2,18,24)(H,22,25)/b16-11-,17-12?. The predicted octanol–water partition coefficient (Wildman–Crippen LogP) is 0.781. The molecule has 4 rings (SSSR count). The summed E-state index contributed by atoms with van der Waals surface area (Å²) in [4.78, 5) is 28.8. The average Bonchev–Trinajstić information content (AvgIpc) is 3.23. The number of fused-ring (bicyclic) bond motifs is 1. The molecule has 2 aromatic heterocycles. The van der Waals surface area contributed by atoms with Crippen LogP contribution in [0.15, 0.2) is 41.5 Å². The molecule has 5 N–H and O–H groups in total. The van der Waals surface area contributed by atoms with Crippen molar-refractivity contribution >= 4 is 39.9 Å². The van der Waals surface area contributed by atoms with Crippen LogP contribution in [-0.4, -0.2) is 32.3 Å². The monoisotopic (exact) mass is 367 g/mol. The van der Waals surface area contributed by atoms with Gasteiger partial charge in [-0.1, -0.05) is 11.8 Å². The lowest BCUT2D eigenvalue weighted by molar-refractivity contribution is -0.112. The SMILES string of the molecule is Cn1cc(C2=CN/C(=C3\C(=N)c4ncc(C(N)=O)cc4NC3=O)S2)cn1. The molecule has 10 heteroatoms. The molecule has 0 radical (unpaired) electrons. The Hall–Kier alpha value is -3.40. The highest BCUT2D eigenvalue weighted by molar-refractivity contribution is 8.12. The average molecular weight is 367 g/mol. The Morgan fingerprint density at radius 3 is 2.88 bits per heavy atom. The summed E-state index contributed by atoms with van der Waals surface area (Å²) in [5, 5.41) is 18.8. The number of nitrogens with zero attached hydrogens (tertiary/aromatic N) is 3. The Bertz CT molecular complexity index is 1050. The summed E-state index contributed by atoms with van der Waals surface area (Å²) in [6.07, 6.45) is 6.65. The smallest absolute Gasteiger partial charge is 0.260 e. The molecule has 9 nitrogen and oxygen atoms in total. The van der Waals surface area contributed by atoms with Gasteiger partial charge in [0.15, 0.2) is 0 Å². The van der Waals surface area contributed by atoms with E-state index in [0.717, 1.165) is 10.5 Å². The van der Waals surface area contributed by atoms with Gasteiger partial charge in [-0.2, -0.15) is 5.10 Å². The molecule has 0 saturated heterocycles. The normalized spacial score (nSPS) is 18.9. The molecule has 130 valence electrons. The second-order valence-corrected chi connectivity index (χ2v) is 6.73. The van der Waals surface area contributed by atoms with Crippen LogP contribution in [0.2, 0.25) is 0 Å². The summed E-state index contributed by atoms with van der Waals surface area (Å²) >= 11 is 1.35. The van der Waals surface area contributed by atoms with Crippen molar-refractivity contribution in [2.24, 2.45) is 12.8 Å². The molecule has 0 spiro atoms. The number of hydrogen-bond donors (Lipinski definition) is 4. The van der Waals surface area contributed by atoms with E-state index in [9.17, 15) is 9.59 Å². The topological polar surface area (TPSA) is 139 Å². The maximum Gasteiger partial charge on any atom is 0.260 e. The number of hydrogen-bond acceptors (Lipinski definition) is 7. The number of primary amides is 1. The van der Waals surface area contributed by atoms with Crippen molar-refractivity contribution in [3.8, 4) is 0 Å². The molecule has 0 aromatic carbocycles. The Morgan fingerprint density at radius 2 is 2.19 bits per heavy atom. The first-order chi connectivity index (χ1) is 12.4. The molecule has 2 aliphatic rings. The molecule has 0 atom stereocenters. The summed E-state index contributed by atoms with van der Waals surface area (Å²) in [6.45, 7) is 0. The van der Waals surface area contributed by atoms with Crippen molar-refractivity contribution in [1.82, 2.24) is 20.1 Å². The van der Waals surface area contributed by atoms with Crippen LogP contribution in [0.3, 0.4) is 0 Å². The van der Waals surface area contributed by atoms with Gasteiger partial charge in [0.25, 0.3) is 5.91 Å². The van der Waals surface area contributed by atoms with Gasteiger partial charge in [0, 0.05) is 36.1 Å². The van der Waals surface area contributed by atoms with Gasteiger partial charge in [-0.25, -0.2) is 0 Å². The summed E-state index contributed by atoms with van der Waals surface area (Å²) in [6, 6.07) is 1.42. The molecular weight excluding hydrogens is 354 g/mol. The van der Waals surface area contributed by atoms with Crippen LogP contribution in [-0.2, 0) is 11.8 Å². The first-order valence-corrected chi connectivity index (χ1v) is 8.34. The zero-order valence-corrected chi connectivity index (χ0v) is 14.3. The molecule has 2 aromatic rings. The van der Waals surface area contributed by atoms with E-state index in [-0.39, 0.29) is 22.5 Å². The maximum atomic E-state index is 12.5. The van der Waals surface area contributed by atoms with Gasteiger partial charge in [0.2, 0.25) is 5.91 Å². The quantitative estimate of drug-likeness (QED) is 0.579. The number of carbonyl (C=O) groups is 2. The summed E-state index contributed by atoms with van der Waals surface area (Å²) < 4.78 is 1.69. The fraction of sp³-hybridized carbons (Fsp3) is 0.0625. The van der Waals surface area contributed by atoms with E-state index in [4.69, 9.17) is 11.1 Å². The number of aryl methyl sites for hydroxylation is 1. The van der Waals surface area contributed by atoms with Gasteiger partial charge in [-0.15, -0.1) is 0 Å². The molecule has 2 amide bonds. The molecule has 0 bridgehead atoms. The zero-order valence-electron chi connectivity index (χ0n) is 13.5. The van der Waals surface area contributed by atoms with Gasteiger partial charge in [0.1, 0.15) is 5.69 Å². The largest absolute Gasteiger partial charge is 0.366 e. The fourth-order valence-corrected chi connectivity index (χ4v) is 3.62. The van der Waals surface area contributed by atoms with E-state index in [2.05, 4.69) is 20.7 Å². The number of rotatable bonds is 2. The van der Waals surface area contributed by atoms with Gasteiger partial charge >= 0.3 is 0 Å². The second kappa shape index (κ2) is 5.85. The highest BCUT2D eigenvalue weighted by atomic mass is 32.2. The Morgan fingerprint density at radius 1 is 1.38 bits per heavy atom. The second-order valence-electron chi connectivity index (χ2n) is 5.68. The third-order valence-corrected chi connectivity index (χ3v) is 5.00. The van der Waals surface area contributed by atoms with Crippen molar-refractivity contribution < 1.29 is 9.59 Å². The lowest BCUT2D eigenvalue weighted by atomic mass is 10.0. The number of aromatic nitrogens is 3. The molecule has 2 aliphatic heterocycles. The number of amides is 2. The van der Waals surface area contributed by atoms with Crippen LogP contribution in [0, 0.1) is 5.41 Å². The van der Waals surface area contributed by atoms with E-state index in [1.165, 1.54) is 24.0 Å². The predicted molar refractivity (Wildman–Crippen MR) is 97.2 cm³/mol. The van der Waals surface area contributed by atoms with E-state index < -0.39 is 11.8 Å². The number of pyridine rings is 1. The third-order valence-electron chi connectivity index (χ3n) is 3.90. The third kappa shape index (κ3) is 2.56. The highest BCUT2D eigenvalue weighted by Gasteiger charge is 2.32. The molecule has 0 fully saturated rings. The van der Waals surface area contributed by atoms with Crippen LogP contribution in [0.1, 0.15) is 21.6 Å². The fourth-order valence-electron chi connectivity index (χ4n) is 2.64. The molecule has 4 heterocycles. The number of anilines is 1. The van der Waals surface area contributed by atoms with Crippen LogP contribution in [0.4, 0.5) is 5.69 Å². The minimum absolute atomic E-state index is 0.0180. The highest BCUT2D eigenvalue weighted by Crippen LogP contribution is 2.39. The lowest BCUT2D eigenvalue weighted by Gasteiger charge is -2.21. The summed E-state index contributed by atoms with van der Waals surface area (Å²) in [5.41, 5.74) is 7.07. The Balaban J connectivity index is 1.68. The number of nitrogens with two attached hydrogens (primary N) is 1. The molecule has 26 heavy (non-hydrogen) atoms. The van der Waals surface area contributed by atoms with E-state index in [1.807, 2.05) is 13.2 Å². The Kier molecular flexibility index (Phi) is 3.62. The van der Waals surface area contributed by atoms with E-state index >= 15 is 0 Å². The van der Waals surface area contributed by atoms with Crippen LogP contribution in [0.5, 0.6) is 0 Å². The molecule has 0 unspecified atom stereocenters. The van der Waals surface area contributed by atoms with Gasteiger partial charge in [0.05, 0.1) is 33.8 Å². The lowest BCUT2D eigenvalue weighted by Crippen LogP contribution is -2.31. The van der Waals surface area contributed by atoms with E-state index in [1.54, 1.807) is 17.1 Å². The van der Waals surface area contributed by atoms with Crippen molar-refractivity contribution in [3.05, 3.63) is 58.3 Å². The van der Waals surface area contributed by atoms with Crippen LogP contribution >= 0.6 is 11.8 Å². The van der Waals surface area contributed by atoms with Crippen molar-refractivity contribution in [3.63, 3.8) is 0 Å². The van der Waals surface area contributed by atoms with Crippen LogP contribution < -0.4 is 16.4 Å². The van der Waals surface area contributed by atoms with Crippen LogP contribution in [0.25, 0.3) is 4.91 Å². The maximum absolute atomic E-state index is 12.5. The van der Waals surface area contributed by atoms with Gasteiger partial charge < -0.3 is 16.4 Å². The van der Waals surface area contributed by atoms with Crippen molar-refractivity contribution in [1.29, 1.82) is 5.41 Å². The molecule has 0 aliphatic carbocycles. The number of carbonyl (C=O) groups excluding carboxylic acids is 2. The number of thioether (sulfide) groups is 1. The van der Waals surface area contributed by atoms with Gasteiger partial charge in [-0.05, 0) is 6.07 Å².